The Balaban J connectivity index is 0. The smallest absolute Gasteiger partial charge is 0.313 e. The molecule has 0 amide bonds. The monoisotopic (exact) mass is 556 g/mol. The number of aliphatic hydroxyl groups excluding tert-OH is 6. The molecule has 0 heterocycles. The third-order valence-electron chi connectivity index (χ3n) is 4.03. The van der Waals surface area contributed by atoms with Crippen molar-refractivity contribution in [1.82, 2.24) is 9.80 Å². The molecule has 0 unspecified atom stereocenters. The van der Waals surface area contributed by atoms with E-state index in [-0.39, 0.29) is 51.1 Å². The molecule has 210 valence electrons. The van der Waals surface area contributed by atoms with E-state index in [4.69, 9.17) is 40.9 Å². The molecule has 1 aromatic carbocycles. The number of aliphatic hydroxyl groups is 6. The summed E-state index contributed by atoms with van der Waals surface area (Å²) in [6.45, 7) is 3.51. The fourth-order valence-corrected chi connectivity index (χ4v) is 3.89. The van der Waals surface area contributed by atoms with Crippen LogP contribution in [-0.2, 0) is 9.59 Å². The first-order valence-electron chi connectivity index (χ1n) is 11.2. The molecule has 0 aliphatic rings. The third-order valence-corrected chi connectivity index (χ3v) is 5.98. The van der Waals surface area contributed by atoms with Gasteiger partial charge in [0.25, 0.3) is 0 Å². The molecular formula is C22H40N2O10S2. The number of benzene rings is 1. The molecule has 12 nitrogen and oxygen atoms in total. The zero-order valence-electron chi connectivity index (χ0n) is 20.3. The largest absolute Gasteiger partial charge is 0.481 e. The average Bonchev–Trinajstić information content (AvgIpc) is 2.84. The minimum absolute atomic E-state index is 0.00699. The van der Waals surface area contributed by atoms with Gasteiger partial charge in [-0.15, -0.1) is 23.5 Å². The van der Waals surface area contributed by atoms with Crippen LogP contribution in [0.5, 0.6) is 0 Å². The highest BCUT2D eigenvalue weighted by Crippen LogP contribution is 2.24. The number of carbonyl (C=O) groups is 2. The lowest BCUT2D eigenvalue weighted by atomic mass is 10.4. The van der Waals surface area contributed by atoms with Crippen LogP contribution in [-0.4, -0.2) is 153 Å². The summed E-state index contributed by atoms with van der Waals surface area (Å²) in [6, 6.07) is 7.19. The number of hydrogen-bond acceptors (Lipinski definition) is 12. The first-order valence-corrected chi connectivity index (χ1v) is 13.1. The molecule has 0 aromatic heterocycles. The van der Waals surface area contributed by atoms with Crippen molar-refractivity contribution in [3.8, 4) is 0 Å². The lowest BCUT2D eigenvalue weighted by Crippen LogP contribution is -2.32. The van der Waals surface area contributed by atoms with E-state index in [2.05, 4.69) is 0 Å². The third kappa shape index (κ3) is 24.2. The molecule has 0 aliphatic heterocycles. The number of carboxylic acids is 2. The van der Waals surface area contributed by atoms with Gasteiger partial charge in [-0.2, -0.15) is 0 Å². The summed E-state index contributed by atoms with van der Waals surface area (Å²) < 4.78 is 0. The molecule has 36 heavy (non-hydrogen) atoms. The van der Waals surface area contributed by atoms with Crippen LogP contribution in [0.4, 0.5) is 0 Å². The zero-order valence-corrected chi connectivity index (χ0v) is 21.9. The number of hydrogen-bond donors (Lipinski definition) is 8. The van der Waals surface area contributed by atoms with E-state index in [1.807, 2.05) is 0 Å². The van der Waals surface area contributed by atoms with Gasteiger partial charge in [0, 0.05) is 49.1 Å². The molecule has 0 fully saturated rings. The highest BCUT2D eigenvalue weighted by atomic mass is 32.2. The molecule has 0 spiro atoms. The maximum absolute atomic E-state index is 10.4. The fraction of sp³-hybridized carbons (Fsp3) is 0.636. The molecule has 0 aliphatic carbocycles. The second kappa shape index (κ2) is 26.6. The number of rotatable bonds is 18. The zero-order chi connectivity index (χ0) is 27.6. The first-order chi connectivity index (χ1) is 17.3. The molecule has 0 saturated heterocycles. The van der Waals surface area contributed by atoms with E-state index >= 15 is 0 Å². The second-order valence-corrected chi connectivity index (χ2v) is 8.96. The normalized spacial score (nSPS) is 10.4. The summed E-state index contributed by atoms with van der Waals surface area (Å²) >= 11 is 2.43. The van der Waals surface area contributed by atoms with Gasteiger partial charge in [0.1, 0.15) is 0 Å². The summed E-state index contributed by atoms with van der Waals surface area (Å²) in [6.07, 6.45) is 0. The van der Waals surface area contributed by atoms with Crippen molar-refractivity contribution in [3.05, 3.63) is 24.3 Å². The summed E-state index contributed by atoms with van der Waals surface area (Å²) in [5, 5.41) is 67.9. The minimum Gasteiger partial charge on any atom is -0.481 e. The van der Waals surface area contributed by atoms with Gasteiger partial charge in [-0.3, -0.25) is 19.4 Å². The number of carboxylic acid groups (broad SMARTS) is 2. The summed E-state index contributed by atoms with van der Waals surface area (Å²) in [7, 11) is 0. The van der Waals surface area contributed by atoms with E-state index in [1.54, 1.807) is 34.1 Å². The summed E-state index contributed by atoms with van der Waals surface area (Å²) in [5.41, 5.74) is 0. The van der Waals surface area contributed by atoms with Gasteiger partial charge < -0.3 is 40.9 Å². The van der Waals surface area contributed by atoms with Crippen molar-refractivity contribution in [2.24, 2.45) is 0 Å². The summed E-state index contributed by atoms with van der Waals surface area (Å²) in [4.78, 5) is 26.0. The van der Waals surface area contributed by atoms with Crippen LogP contribution in [0.3, 0.4) is 0 Å². The van der Waals surface area contributed by atoms with Gasteiger partial charge in [-0.25, -0.2) is 0 Å². The maximum atomic E-state index is 10.4. The van der Waals surface area contributed by atoms with E-state index in [9.17, 15) is 9.59 Å². The van der Waals surface area contributed by atoms with Crippen LogP contribution in [0.2, 0.25) is 0 Å². The second-order valence-electron chi connectivity index (χ2n) is 6.86. The molecule has 14 heteroatoms. The van der Waals surface area contributed by atoms with Gasteiger partial charge >= 0.3 is 11.9 Å². The van der Waals surface area contributed by atoms with Crippen molar-refractivity contribution < 1.29 is 50.4 Å². The molecule has 0 radical (unpaired) electrons. The van der Waals surface area contributed by atoms with Gasteiger partial charge in [0.05, 0.1) is 51.1 Å². The van der Waals surface area contributed by atoms with Crippen molar-refractivity contribution in [2.45, 2.75) is 9.79 Å². The Labute approximate surface area is 220 Å². The highest BCUT2D eigenvalue weighted by molar-refractivity contribution is 8.00. The Bertz CT molecular complexity index is 594. The van der Waals surface area contributed by atoms with Gasteiger partial charge in [0.2, 0.25) is 0 Å². The van der Waals surface area contributed by atoms with Crippen molar-refractivity contribution in [2.75, 3.05) is 90.4 Å². The molecule has 0 bridgehead atoms. The molecular weight excluding hydrogens is 516 g/mol. The predicted molar refractivity (Wildman–Crippen MR) is 139 cm³/mol. The van der Waals surface area contributed by atoms with Crippen LogP contribution in [0.15, 0.2) is 34.1 Å². The summed E-state index contributed by atoms with van der Waals surface area (Å²) in [5.74, 6) is -1.72. The lowest BCUT2D eigenvalue weighted by Gasteiger charge is -2.17. The van der Waals surface area contributed by atoms with E-state index < -0.39 is 11.9 Å². The molecule has 0 saturated carbocycles. The fourth-order valence-electron chi connectivity index (χ4n) is 2.46. The van der Waals surface area contributed by atoms with Crippen molar-refractivity contribution in [1.29, 1.82) is 0 Å². The Hall–Kier alpha value is -1.46. The number of nitrogens with zero attached hydrogens (tertiary/aromatic N) is 2. The lowest BCUT2D eigenvalue weighted by molar-refractivity contribution is -0.134. The Morgan fingerprint density at radius 2 is 0.861 bits per heavy atom. The van der Waals surface area contributed by atoms with Crippen LogP contribution >= 0.6 is 23.5 Å². The quantitative estimate of drug-likeness (QED) is 0.0978. The van der Waals surface area contributed by atoms with Crippen LogP contribution in [0, 0.1) is 0 Å². The topological polar surface area (TPSA) is 202 Å². The van der Waals surface area contributed by atoms with Crippen LogP contribution < -0.4 is 0 Å². The minimum atomic E-state index is -0.867. The van der Waals surface area contributed by atoms with Crippen molar-refractivity contribution >= 4 is 35.5 Å². The molecule has 0 atom stereocenters. The van der Waals surface area contributed by atoms with E-state index in [0.717, 1.165) is 9.79 Å². The average molecular weight is 557 g/mol. The van der Waals surface area contributed by atoms with Gasteiger partial charge in [-0.1, -0.05) is 6.07 Å². The number of aliphatic carboxylic acids is 2. The standard InChI is InChI=1S/C10H10O4S2.2C6H15NO3/c11-9(12)5-15-7-2-1-3-8(4-7)16-6-10(13)14;2*8-4-1-7(2-5-9)3-6-10/h1-4H,5-6H2,(H,11,12)(H,13,14);2*8-10H,1-6H2. The molecule has 1 aromatic rings. The van der Waals surface area contributed by atoms with Crippen LogP contribution in [0.25, 0.3) is 0 Å². The Morgan fingerprint density at radius 3 is 1.08 bits per heavy atom. The number of thioether (sulfide) groups is 2. The van der Waals surface area contributed by atoms with Gasteiger partial charge in [0.15, 0.2) is 0 Å². The van der Waals surface area contributed by atoms with E-state index in [0.29, 0.717) is 39.3 Å². The van der Waals surface area contributed by atoms with Crippen molar-refractivity contribution in [3.63, 3.8) is 0 Å². The molecule has 1 rings (SSSR count). The SMILES string of the molecule is O=C(O)CSc1cccc(SCC(=O)O)c1.OCCN(CCO)CCO.OCCN(CCO)CCO. The first kappa shape index (κ1) is 36.7. The molecule has 8 N–H and O–H groups in total. The van der Waals surface area contributed by atoms with Crippen LogP contribution in [0.1, 0.15) is 0 Å². The maximum Gasteiger partial charge on any atom is 0.313 e. The van der Waals surface area contributed by atoms with Gasteiger partial charge in [-0.05, 0) is 18.2 Å². The van der Waals surface area contributed by atoms with E-state index in [1.165, 1.54) is 23.5 Å². The Morgan fingerprint density at radius 1 is 0.583 bits per heavy atom. The Kier molecular flexibility index (Phi) is 27.1. The highest BCUT2D eigenvalue weighted by Gasteiger charge is 2.03. The predicted octanol–water partition coefficient (Wildman–Crippen LogP) is -1.43.